The van der Waals surface area contributed by atoms with Gasteiger partial charge in [0.25, 0.3) is 0 Å². The molecule has 1 unspecified atom stereocenters. The van der Waals surface area contributed by atoms with Crippen LogP contribution in [0.5, 0.6) is 0 Å². The van der Waals surface area contributed by atoms with E-state index in [1.807, 2.05) is 26.0 Å². The molecule has 1 heterocycles. The number of nitrogen functional groups attached to an aromatic ring is 1. The lowest BCUT2D eigenvalue weighted by Gasteiger charge is -2.23. The number of aryl methyl sites for hydroxylation is 2. The van der Waals surface area contributed by atoms with E-state index < -0.39 is 0 Å². The molecule has 0 radical (unpaired) electrons. The van der Waals surface area contributed by atoms with Crippen LogP contribution < -0.4 is 11.1 Å². The molecule has 0 aliphatic heterocycles. The second-order valence-electron chi connectivity index (χ2n) is 5.38. The smallest absolute Gasteiger partial charge is 0.128 e. The average Bonchev–Trinajstić information content (AvgIpc) is 2.41. The van der Waals surface area contributed by atoms with Crippen molar-refractivity contribution in [3.63, 3.8) is 0 Å². The maximum absolute atomic E-state index is 13.8. The van der Waals surface area contributed by atoms with Crippen LogP contribution in [-0.2, 0) is 0 Å². The van der Waals surface area contributed by atoms with Gasteiger partial charge in [0.2, 0.25) is 0 Å². The van der Waals surface area contributed by atoms with Gasteiger partial charge in [-0.15, -0.1) is 0 Å². The molecule has 1 aromatic carbocycles. The maximum atomic E-state index is 13.8. The molecule has 4 heteroatoms. The highest BCUT2D eigenvalue weighted by molar-refractivity contribution is 5.50. The molecule has 0 bridgehead atoms. The van der Waals surface area contributed by atoms with Crippen LogP contribution in [0, 0.1) is 19.7 Å². The molecule has 0 saturated carbocycles. The first kappa shape index (κ1) is 15.4. The Bertz CT molecular complexity index is 585. The number of hydrogen-bond donors (Lipinski definition) is 2. The van der Waals surface area contributed by atoms with Crippen LogP contribution in [0.15, 0.2) is 30.5 Å². The van der Waals surface area contributed by atoms with Crippen LogP contribution >= 0.6 is 0 Å². The number of aromatic nitrogens is 1. The Morgan fingerprint density at radius 2 is 2.05 bits per heavy atom. The Hall–Kier alpha value is -1.94. The molecule has 0 fully saturated rings. The van der Waals surface area contributed by atoms with Gasteiger partial charge in [0.1, 0.15) is 11.6 Å². The highest BCUT2D eigenvalue weighted by Gasteiger charge is 2.19. The zero-order valence-electron chi connectivity index (χ0n) is 12.8. The summed E-state index contributed by atoms with van der Waals surface area (Å²) >= 11 is 0. The number of hydrogen-bond acceptors (Lipinski definition) is 3. The highest BCUT2D eigenvalue weighted by Crippen LogP contribution is 2.29. The van der Waals surface area contributed by atoms with E-state index in [-0.39, 0.29) is 11.9 Å². The molecule has 1 atom stereocenters. The van der Waals surface area contributed by atoms with Crippen LogP contribution in [0.2, 0.25) is 0 Å². The van der Waals surface area contributed by atoms with Gasteiger partial charge in [0.15, 0.2) is 0 Å². The van der Waals surface area contributed by atoms with Crippen molar-refractivity contribution in [2.24, 2.45) is 0 Å². The Balaban J connectivity index is 2.52. The second-order valence-corrected chi connectivity index (χ2v) is 5.38. The van der Waals surface area contributed by atoms with Gasteiger partial charge in [-0.3, -0.25) is 0 Å². The van der Waals surface area contributed by atoms with Crippen molar-refractivity contribution < 1.29 is 4.39 Å². The number of anilines is 1. The molecule has 112 valence electrons. The van der Waals surface area contributed by atoms with Crippen LogP contribution in [0.4, 0.5) is 10.2 Å². The predicted molar refractivity (Wildman–Crippen MR) is 84.7 cm³/mol. The largest absolute Gasteiger partial charge is 0.383 e. The molecular weight excluding hydrogens is 265 g/mol. The third kappa shape index (κ3) is 3.58. The number of halogens is 1. The lowest BCUT2D eigenvalue weighted by atomic mass is 9.94. The minimum atomic E-state index is -0.228. The molecular formula is C17H22FN3. The summed E-state index contributed by atoms with van der Waals surface area (Å²) in [6, 6.07) is 6.86. The van der Waals surface area contributed by atoms with Gasteiger partial charge in [0, 0.05) is 11.8 Å². The third-order valence-corrected chi connectivity index (χ3v) is 3.52. The molecule has 2 rings (SSSR count). The molecule has 0 saturated heterocycles. The van der Waals surface area contributed by atoms with E-state index in [9.17, 15) is 4.39 Å². The monoisotopic (exact) mass is 287 g/mol. The topological polar surface area (TPSA) is 50.9 Å². The van der Waals surface area contributed by atoms with Gasteiger partial charge in [-0.1, -0.05) is 13.0 Å². The Labute approximate surface area is 125 Å². The summed E-state index contributed by atoms with van der Waals surface area (Å²) in [5.74, 6) is 0.263. The molecule has 3 N–H and O–H groups in total. The minimum absolute atomic E-state index is 0.145. The van der Waals surface area contributed by atoms with Crippen molar-refractivity contribution in [1.29, 1.82) is 0 Å². The fraction of sp³-hybridized carbons (Fsp3) is 0.353. The van der Waals surface area contributed by atoms with Gasteiger partial charge in [-0.05, 0) is 61.7 Å². The average molecular weight is 287 g/mol. The van der Waals surface area contributed by atoms with Crippen molar-refractivity contribution >= 4 is 5.82 Å². The maximum Gasteiger partial charge on any atom is 0.128 e. The number of pyridine rings is 1. The first-order valence-corrected chi connectivity index (χ1v) is 7.24. The van der Waals surface area contributed by atoms with E-state index in [4.69, 9.17) is 5.73 Å². The lowest BCUT2D eigenvalue weighted by molar-refractivity contribution is 0.583. The molecule has 21 heavy (non-hydrogen) atoms. The van der Waals surface area contributed by atoms with Gasteiger partial charge < -0.3 is 11.1 Å². The summed E-state index contributed by atoms with van der Waals surface area (Å²) in [6.07, 6.45) is 2.69. The SMILES string of the molecule is CCCNC(c1cc(C)cc(F)c1)c1c(C)ccnc1N. The quantitative estimate of drug-likeness (QED) is 0.884. The zero-order valence-corrected chi connectivity index (χ0v) is 12.8. The first-order valence-electron chi connectivity index (χ1n) is 7.24. The molecule has 3 nitrogen and oxygen atoms in total. The van der Waals surface area contributed by atoms with Crippen molar-refractivity contribution in [3.05, 3.63) is 58.5 Å². The van der Waals surface area contributed by atoms with Gasteiger partial charge >= 0.3 is 0 Å². The summed E-state index contributed by atoms with van der Waals surface area (Å²) in [6.45, 7) is 6.82. The van der Waals surface area contributed by atoms with Crippen LogP contribution in [0.25, 0.3) is 0 Å². The van der Waals surface area contributed by atoms with Gasteiger partial charge in [0.05, 0.1) is 6.04 Å². The van der Waals surface area contributed by atoms with Crippen molar-refractivity contribution in [3.8, 4) is 0 Å². The number of nitrogens with zero attached hydrogens (tertiary/aromatic N) is 1. The molecule has 0 aliphatic carbocycles. The van der Waals surface area contributed by atoms with Gasteiger partial charge in [-0.2, -0.15) is 0 Å². The van der Waals surface area contributed by atoms with E-state index >= 15 is 0 Å². The van der Waals surface area contributed by atoms with E-state index in [1.165, 1.54) is 6.07 Å². The van der Waals surface area contributed by atoms with Crippen molar-refractivity contribution in [2.45, 2.75) is 33.2 Å². The van der Waals surface area contributed by atoms with E-state index in [2.05, 4.69) is 17.2 Å². The predicted octanol–water partition coefficient (Wildman–Crippen LogP) is 3.51. The fourth-order valence-corrected chi connectivity index (χ4v) is 2.57. The summed E-state index contributed by atoms with van der Waals surface area (Å²) in [7, 11) is 0. The summed E-state index contributed by atoms with van der Waals surface area (Å²) in [5.41, 5.74) is 9.82. The number of nitrogens with two attached hydrogens (primary N) is 1. The van der Waals surface area contributed by atoms with Crippen molar-refractivity contribution in [2.75, 3.05) is 12.3 Å². The van der Waals surface area contributed by atoms with E-state index in [1.54, 1.807) is 12.3 Å². The normalized spacial score (nSPS) is 12.4. The lowest BCUT2D eigenvalue weighted by Crippen LogP contribution is -2.25. The Morgan fingerprint density at radius 1 is 1.29 bits per heavy atom. The first-order chi connectivity index (χ1) is 10.0. The minimum Gasteiger partial charge on any atom is -0.383 e. The van der Waals surface area contributed by atoms with Gasteiger partial charge in [-0.25, -0.2) is 9.37 Å². The molecule has 1 aromatic heterocycles. The fourth-order valence-electron chi connectivity index (χ4n) is 2.57. The second kappa shape index (κ2) is 6.68. The summed E-state index contributed by atoms with van der Waals surface area (Å²) in [5, 5.41) is 3.45. The molecule has 0 spiro atoms. The summed E-state index contributed by atoms with van der Waals surface area (Å²) in [4.78, 5) is 4.18. The molecule has 0 aliphatic rings. The standard InChI is InChI=1S/C17H22FN3/c1-4-6-20-16(13-8-11(2)9-14(18)10-13)15-12(3)5-7-21-17(15)19/h5,7-10,16,20H,4,6H2,1-3H3,(H2,19,21). The zero-order chi connectivity index (χ0) is 15.4. The Kier molecular flexibility index (Phi) is 4.91. The Morgan fingerprint density at radius 3 is 2.67 bits per heavy atom. The van der Waals surface area contributed by atoms with Crippen molar-refractivity contribution in [1.82, 2.24) is 10.3 Å². The number of nitrogens with one attached hydrogen (secondary N) is 1. The van der Waals surface area contributed by atoms with Crippen LogP contribution in [-0.4, -0.2) is 11.5 Å². The number of benzene rings is 1. The van der Waals surface area contributed by atoms with Crippen LogP contribution in [0.1, 0.15) is 41.6 Å². The highest BCUT2D eigenvalue weighted by atomic mass is 19.1. The molecule has 2 aromatic rings. The van der Waals surface area contributed by atoms with E-state index in [0.29, 0.717) is 5.82 Å². The van der Waals surface area contributed by atoms with Crippen LogP contribution in [0.3, 0.4) is 0 Å². The van der Waals surface area contributed by atoms with E-state index in [0.717, 1.165) is 35.2 Å². The number of rotatable bonds is 5. The third-order valence-electron chi connectivity index (χ3n) is 3.52. The summed E-state index contributed by atoms with van der Waals surface area (Å²) < 4.78 is 13.8. The molecule has 0 amide bonds.